The molecule has 24 heavy (non-hydrogen) atoms. The maximum Gasteiger partial charge on any atom is 0.155 e. The number of hydrogen-bond acceptors (Lipinski definition) is 3. The summed E-state index contributed by atoms with van der Waals surface area (Å²) in [6.07, 6.45) is 6.85. The standard InChI is InChI=1S/C21H22O3/c1-23-20-16-10-6-7-11-17(16)21(24-2)19(14-22)18(20)13-12-15-8-4-3-5-9-15/h6-7,10-11,14-15H,3-5,8-9H2,1-2H3. The molecule has 0 saturated heterocycles. The predicted molar refractivity (Wildman–Crippen MR) is 95.9 cm³/mol. The molecule has 2 aromatic carbocycles. The van der Waals surface area contributed by atoms with Gasteiger partial charge in [-0.1, -0.05) is 55.4 Å². The van der Waals surface area contributed by atoms with Crippen LogP contribution in [0.5, 0.6) is 11.5 Å². The molecule has 0 unspecified atom stereocenters. The van der Waals surface area contributed by atoms with Crippen LogP contribution in [-0.4, -0.2) is 20.5 Å². The Morgan fingerprint density at radius 3 is 2.21 bits per heavy atom. The second-order valence-corrected chi connectivity index (χ2v) is 6.12. The third kappa shape index (κ3) is 2.97. The Labute approximate surface area is 143 Å². The lowest BCUT2D eigenvalue weighted by atomic mass is 9.89. The molecule has 124 valence electrons. The average molecular weight is 322 g/mol. The van der Waals surface area contributed by atoms with E-state index in [0.29, 0.717) is 28.5 Å². The van der Waals surface area contributed by atoms with Gasteiger partial charge in [-0.05, 0) is 12.8 Å². The summed E-state index contributed by atoms with van der Waals surface area (Å²) in [6, 6.07) is 7.77. The first kappa shape index (κ1) is 16.4. The molecule has 3 rings (SSSR count). The van der Waals surface area contributed by atoms with Crippen LogP contribution in [0, 0.1) is 17.8 Å². The van der Waals surface area contributed by atoms with Crippen LogP contribution in [0.25, 0.3) is 10.8 Å². The van der Waals surface area contributed by atoms with E-state index < -0.39 is 0 Å². The average Bonchev–Trinajstić information content (AvgIpc) is 2.65. The highest BCUT2D eigenvalue weighted by molar-refractivity contribution is 6.03. The van der Waals surface area contributed by atoms with Gasteiger partial charge in [0.25, 0.3) is 0 Å². The van der Waals surface area contributed by atoms with Gasteiger partial charge in [-0.3, -0.25) is 4.79 Å². The highest BCUT2D eigenvalue weighted by atomic mass is 16.5. The van der Waals surface area contributed by atoms with Crippen molar-refractivity contribution < 1.29 is 14.3 Å². The molecule has 0 N–H and O–H groups in total. The number of methoxy groups -OCH3 is 2. The van der Waals surface area contributed by atoms with E-state index in [1.54, 1.807) is 14.2 Å². The van der Waals surface area contributed by atoms with Crippen LogP contribution in [0.3, 0.4) is 0 Å². The minimum atomic E-state index is 0.403. The Kier molecular flexibility index (Phi) is 5.05. The molecule has 0 aromatic heterocycles. The van der Waals surface area contributed by atoms with Crippen LogP contribution in [0.4, 0.5) is 0 Å². The third-order valence-corrected chi connectivity index (χ3v) is 4.69. The number of fused-ring (bicyclic) bond motifs is 1. The van der Waals surface area contributed by atoms with Gasteiger partial charge in [0.15, 0.2) is 6.29 Å². The van der Waals surface area contributed by atoms with E-state index in [9.17, 15) is 4.79 Å². The quantitative estimate of drug-likeness (QED) is 0.612. The molecule has 0 atom stereocenters. The molecular formula is C21H22O3. The summed E-state index contributed by atoms with van der Waals surface area (Å²) >= 11 is 0. The van der Waals surface area contributed by atoms with Gasteiger partial charge < -0.3 is 9.47 Å². The van der Waals surface area contributed by atoms with E-state index in [0.717, 1.165) is 29.9 Å². The molecule has 1 aliphatic rings. The van der Waals surface area contributed by atoms with Gasteiger partial charge >= 0.3 is 0 Å². The number of ether oxygens (including phenoxy) is 2. The fourth-order valence-electron chi connectivity index (χ4n) is 3.48. The summed E-state index contributed by atoms with van der Waals surface area (Å²) in [7, 11) is 3.20. The van der Waals surface area contributed by atoms with Crippen LogP contribution >= 0.6 is 0 Å². The van der Waals surface area contributed by atoms with E-state index in [1.807, 2.05) is 24.3 Å². The topological polar surface area (TPSA) is 35.5 Å². The van der Waals surface area contributed by atoms with Gasteiger partial charge in [0.05, 0.1) is 25.3 Å². The van der Waals surface area contributed by atoms with Crippen LogP contribution in [0.1, 0.15) is 48.0 Å². The van der Waals surface area contributed by atoms with Crippen molar-refractivity contribution in [1.29, 1.82) is 0 Å². The highest BCUT2D eigenvalue weighted by Gasteiger charge is 2.19. The fourth-order valence-corrected chi connectivity index (χ4v) is 3.48. The second-order valence-electron chi connectivity index (χ2n) is 6.12. The van der Waals surface area contributed by atoms with Gasteiger partial charge in [0.1, 0.15) is 11.5 Å². The summed E-state index contributed by atoms with van der Waals surface area (Å²) in [4.78, 5) is 11.8. The first-order valence-electron chi connectivity index (χ1n) is 8.43. The maximum absolute atomic E-state index is 11.8. The summed E-state index contributed by atoms with van der Waals surface area (Å²) in [5, 5.41) is 1.78. The molecule has 0 bridgehead atoms. The zero-order valence-corrected chi connectivity index (χ0v) is 14.2. The van der Waals surface area contributed by atoms with E-state index in [1.165, 1.54) is 19.3 Å². The van der Waals surface area contributed by atoms with Crippen LogP contribution in [0.2, 0.25) is 0 Å². The minimum absolute atomic E-state index is 0.403. The largest absolute Gasteiger partial charge is 0.495 e. The number of benzene rings is 2. The molecule has 0 radical (unpaired) electrons. The molecule has 2 aromatic rings. The molecule has 3 nitrogen and oxygen atoms in total. The van der Waals surface area contributed by atoms with Crippen molar-refractivity contribution in [3.63, 3.8) is 0 Å². The second kappa shape index (κ2) is 7.40. The minimum Gasteiger partial charge on any atom is -0.495 e. The van der Waals surface area contributed by atoms with Crippen molar-refractivity contribution >= 4 is 17.1 Å². The smallest absolute Gasteiger partial charge is 0.155 e. The Balaban J connectivity index is 2.21. The predicted octanol–water partition coefficient (Wildman–Crippen LogP) is 4.60. The fraction of sp³-hybridized carbons (Fsp3) is 0.381. The van der Waals surface area contributed by atoms with Crippen molar-refractivity contribution in [2.75, 3.05) is 14.2 Å². The normalized spacial score (nSPS) is 14.8. The number of aldehydes is 1. The van der Waals surface area contributed by atoms with E-state index in [2.05, 4.69) is 11.8 Å². The number of carbonyl (C=O) groups is 1. The summed E-state index contributed by atoms with van der Waals surface area (Å²) in [5.74, 6) is 8.21. The van der Waals surface area contributed by atoms with Crippen LogP contribution in [-0.2, 0) is 0 Å². The van der Waals surface area contributed by atoms with Crippen molar-refractivity contribution in [2.24, 2.45) is 5.92 Å². The first-order chi connectivity index (χ1) is 11.8. The molecule has 3 heteroatoms. The van der Waals surface area contributed by atoms with Gasteiger partial charge in [-0.15, -0.1) is 0 Å². The summed E-state index contributed by atoms with van der Waals surface area (Å²) in [5.41, 5.74) is 1.10. The molecule has 0 spiro atoms. The molecule has 0 heterocycles. The van der Waals surface area contributed by atoms with Crippen LogP contribution in [0.15, 0.2) is 24.3 Å². The van der Waals surface area contributed by atoms with Gasteiger partial charge in [-0.2, -0.15) is 0 Å². The van der Waals surface area contributed by atoms with Gasteiger partial charge in [-0.25, -0.2) is 0 Å². The van der Waals surface area contributed by atoms with Crippen molar-refractivity contribution in [3.05, 3.63) is 35.4 Å². The Morgan fingerprint density at radius 2 is 1.62 bits per heavy atom. The Morgan fingerprint density at radius 1 is 1.00 bits per heavy atom. The molecule has 0 aliphatic heterocycles. The molecular weight excluding hydrogens is 300 g/mol. The lowest BCUT2D eigenvalue weighted by Gasteiger charge is -2.17. The van der Waals surface area contributed by atoms with E-state index in [-0.39, 0.29) is 0 Å². The van der Waals surface area contributed by atoms with Gasteiger partial charge in [0.2, 0.25) is 0 Å². The monoisotopic (exact) mass is 322 g/mol. The van der Waals surface area contributed by atoms with Gasteiger partial charge in [0, 0.05) is 16.7 Å². The van der Waals surface area contributed by atoms with Crippen molar-refractivity contribution in [1.82, 2.24) is 0 Å². The molecule has 1 saturated carbocycles. The highest BCUT2D eigenvalue weighted by Crippen LogP contribution is 2.39. The summed E-state index contributed by atoms with van der Waals surface area (Å²) < 4.78 is 11.2. The maximum atomic E-state index is 11.8. The summed E-state index contributed by atoms with van der Waals surface area (Å²) in [6.45, 7) is 0. The van der Waals surface area contributed by atoms with Crippen molar-refractivity contribution in [3.8, 4) is 23.3 Å². The van der Waals surface area contributed by atoms with Crippen LogP contribution < -0.4 is 9.47 Å². The first-order valence-corrected chi connectivity index (χ1v) is 8.43. The lowest BCUT2D eigenvalue weighted by Crippen LogP contribution is -2.04. The number of carbonyl (C=O) groups excluding carboxylic acids is 1. The third-order valence-electron chi connectivity index (χ3n) is 4.69. The lowest BCUT2D eigenvalue weighted by molar-refractivity contribution is 0.112. The molecule has 1 fully saturated rings. The van der Waals surface area contributed by atoms with E-state index >= 15 is 0 Å². The SMILES string of the molecule is COc1c(C#CC2CCCCC2)c(C=O)c(OC)c2ccccc12. The molecule has 0 amide bonds. The van der Waals surface area contributed by atoms with E-state index in [4.69, 9.17) is 9.47 Å². The Bertz CT molecular complexity index is 805. The zero-order valence-electron chi connectivity index (χ0n) is 14.2. The zero-order chi connectivity index (χ0) is 16.9. The van der Waals surface area contributed by atoms with Crippen molar-refractivity contribution in [2.45, 2.75) is 32.1 Å². The number of rotatable bonds is 3. The number of hydrogen-bond donors (Lipinski definition) is 0. The molecule has 1 aliphatic carbocycles. The Hall–Kier alpha value is -2.47.